The molecule has 2 heterocycles. The monoisotopic (exact) mass is 264 g/mol. The molecule has 1 fully saturated rings. The lowest BCUT2D eigenvalue weighted by Gasteiger charge is -2.28. The van der Waals surface area contributed by atoms with Crippen LogP contribution in [0.1, 0.15) is 37.7 Å². The first kappa shape index (κ1) is 13.7. The van der Waals surface area contributed by atoms with Crippen LogP contribution < -0.4 is 10.6 Å². The fourth-order valence-electron chi connectivity index (χ4n) is 2.04. The SMILES string of the molecule is CCNc1cnc(C(=O)NC2(C)CCOC2C)cn1. The Labute approximate surface area is 113 Å². The minimum absolute atomic E-state index is 0.00504. The van der Waals surface area contributed by atoms with Gasteiger partial charge >= 0.3 is 0 Å². The maximum atomic E-state index is 12.1. The topological polar surface area (TPSA) is 76.1 Å². The fraction of sp³-hybridized carbons (Fsp3) is 0.615. The maximum Gasteiger partial charge on any atom is 0.271 e. The summed E-state index contributed by atoms with van der Waals surface area (Å²) >= 11 is 0. The molecule has 6 nitrogen and oxygen atoms in total. The zero-order chi connectivity index (χ0) is 13.9. The minimum atomic E-state index is -0.334. The van der Waals surface area contributed by atoms with Gasteiger partial charge in [0, 0.05) is 13.2 Å². The van der Waals surface area contributed by atoms with Crippen molar-refractivity contribution < 1.29 is 9.53 Å². The number of carbonyl (C=O) groups is 1. The van der Waals surface area contributed by atoms with E-state index in [2.05, 4.69) is 20.6 Å². The highest BCUT2D eigenvalue weighted by Crippen LogP contribution is 2.25. The van der Waals surface area contributed by atoms with Crippen molar-refractivity contribution >= 4 is 11.7 Å². The van der Waals surface area contributed by atoms with Crippen molar-refractivity contribution in [2.24, 2.45) is 0 Å². The zero-order valence-electron chi connectivity index (χ0n) is 11.6. The van der Waals surface area contributed by atoms with Gasteiger partial charge in [-0.2, -0.15) is 0 Å². The van der Waals surface area contributed by atoms with Crippen LogP contribution in [0.5, 0.6) is 0 Å². The number of hydrogen-bond donors (Lipinski definition) is 2. The summed E-state index contributed by atoms with van der Waals surface area (Å²) in [6.45, 7) is 7.37. The smallest absolute Gasteiger partial charge is 0.271 e. The van der Waals surface area contributed by atoms with E-state index in [0.29, 0.717) is 18.1 Å². The number of anilines is 1. The number of nitrogens with zero attached hydrogens (tertiary/aromatic N) is 2. The van der Waals surface area contributed by atoms with Gasteiger partial charge in [0.2, 0.25) is 0 Å². The Hall–Kier alpha value is -1.69. The zero-order valence-corrected chi connectivity index (χ0v) is 11.6. The lowest BCUT2D eigenvalue weighted by atomic mass is 9.94. The molecule has 2 N–H and O–H groups in total. The van der Waals surface area contributed by atoms with Gasteiger partial charge in [-0.3, -0.25) is 4.79 Å². The number of aromatic nitrogens is 2. The van der Waals surface area contributed by atoms with Crippen LogP contribution in [0.15, 0.2) is 12.4 Å². The third-order valence-electron chi connectivity index (χ3n) is 3.53. The van der Waals surface area contributed by atoms with Gasteiger partial charge in [-0.15, -0.1) is 0 Å². The molecular weight excluding hydrogens is 244 g/mol. The normalized spacial score (nSPS) is 26.2. The van der Waals surface area contributed by atoms with Gasteiger partial charge in [0.1, 0.15) is 11.5 Å². The van der Waals surface area contributed by atoms with E-state index in [1.807, 2.05) is 20.8 Å². The number of amides is 1. The first-order chi connectivity index (χ1) is 9.05. The van der Waals surface area contributed by atoms with E-state index in [1.54, 1.807) is 6.20 Å². The first-order valence-corrected chi connectivity index (χ1v) is 6.55. The van der Waals surface area contributed by atoms with Crippen molar-refractivity contribution in [3.63, 3.8) is 0 Å². The summed E-state index contributed by atoms with van der Waals surface area (Å²) in [6.07, 6.45) is 3.86. The summed E-state index contributed by atoms with van der Waals surface area (Å²) < 4.78 is 5.50. The van der Waals surface area contributed by atoms with Crippen molar-refractivity contribution in [1.82, 2.24) is 15.3 Å². The minimum Gasteiger partial charge on any atom is -0.376 e. The van der Waals surface area contributed by atoms with Crippen molar-refractivity contribution in [2.45, 2.75) is 38.8 Å². The van der Waals surface area contributed by atoms with Gasteiger partial charge < -0.3 is 15.4 Å². The van der Waals surface area contributed by atoms with Crippen molar-refractivity contribution in [3.8, 4) is 0 Å². The van der Waals surface area contributed by atoms with Crippen LogP contribution in [-0.4, -0.2) is 40.7 Å². The average Bonchev–Trinajstić information content (AvgIpc) is 2.70. The second-order valence-electron chi connectivity index (χ2n) is 4.95. The van der Waals surface area contributed by atoms with Crippen LogP contribution in [0.4, 0.5) is 5.82 Å². The molecule has 0 radical (unpaired) electrons. The second kappa shape index (κ2) is 5.52. The molecule has 1 aliphatic rings. The third-order valence-corrected chi connectivity index (χ3v) is 3.53. The third kappa shape index (κ3) is 3.01. The van der Waals surface area contributed by atoms with Crippen LogP contribution in [0, 0.1) is 0 Å². The molecule has 2 atom stereocenters. The highest BCUT2D eigenvalue weighted by atomic mass is 16.5. The predicted molar refractivity (Wildman–Crippen MR) is 72.1 cm³/mol. The molecule has 2 unspecified atom stereocenters. The van der Waals surface area contributed by atoms with E-state index < -0.39 is 0 Å². The molecule has 0 bridgehead atoms. The van der Waals surface area contributed by atoms with Gasteiger partial charge in [-0.1, -0.05) is 0 Å². The van der Waals surface area contributed by atoms with E-state index >= 15 is 0 Å². The summed E-state index contributed by atoms with van der Waals surface area (Å²) in [5.41, 5.74) is -0.0129. The summed E-state index contributed by atoms with van der Waals surface area (Å²) in [7, 11) is 0. The maximum absolute atomic E-state index is 12.1. The molecule has 0 aromatic carbocycles. The molecular formula is C13H20N4O2. The van der Waals surface area contributed by atoms with Gasteiger partial charge in [0.05, 0.1) is 24.0 Å². The Balaban J connectivity index is 2.03. The highest BCUT2D eigenvalue weighted by molar-refractivity contribution is 5.92. The molecule has 1 amide bonds. The van der Waals surface area contributed by atoms with Crippen molar-refractivity contribution in [1.29, 1.82) is 0 Å². The lowest BCUT2D eigenvalue weighted by molar-refractivity contribution is 0.0724. The first-order valence-electron chi connectivity index (χ1n) is 6.55. The number of ether oxygens (including phenoxy) is 1. The number of rotatable bonds is 4. The van der Waals surface area contributed by atoms with Gasteiger partial charge in [0.15, 0.2) is 0 Å². The quantitative estimate of drug-likeness (QED) is 0.854. The molecule has 1 saturated heterocycles. The fourth-order valence-corrected chi connectivity index (χ4v) is 2.04. The number of nitrogens with one attached hydrogen (secondary N) is 2. The van der Waals surface area contributed by atoms with E-state index in [0.717, 1.165) is 13.0 Å². The Bertz CT molecular complexity index is 448. The Morgan fingerprint density at radius 3 is 2.84 bits per heavy atom. The molecule has 19 heavy (non-hydrogen) atoms. The predicted octanol–water partition coefficient (Wildman–Crippen LogP) is 1.21. The summed E-state index contributed by atoms with van der Waals surface area (Å²) in [5, 5.41) is 6.02. The van der Waals surface area contributed by atoms with Crippen LogP contribution in [-0.2, 0) is 4.74 Å². The van der Waals surface area contributed by atoms with Gasteiger partial charge in [-0.25, -0.2) is 9.97 Å². The van der Waals surface area contributed by atoms with Gasteiger partial charge in [0.25, 0.3) is 5.91 Å². The van der Waals surface area contributed by atoms with E-state index in [9.17, 15) is 4.79 Å². The van der Waals surface area contributed by atoms with E-state index in [-0.39, 0.29) is 17.6 Å². The standard InChI is InChI=1S/C13H20N4O2/c1-4-14-11-8-15-10(7-16-11)12(18)17-13(3)5-6-19-9(13)2/h7-9H,4-6H2,1-3H3,(H,14,16)(H,17,18). The summed E-state index contributed by atoms with van der Waals surface area (Å²) in [6, 6.07) is 0. The van der Waals surface area contributed by atoms with Gasteiger partial charge in [-0.05, 0) is 27.2 Å². The van der Waals surface area contributed by atoms with Crippen LogP contribution in [0.25, 0.3) is 0 Å². The van der Waals surface area contributed by atoms with E-state index in [4.69, 9.17) is 4.74 Å². The average molecular weight is 264 g/mol. The molecule has 0 spiro atoms. The Kier molecular flexibility index (Phi) is 3.99. The van der Waals surface area contributed by atoms with Crippen LogP contribution in [0.3, 0.4) is 0 Å². The molecule has 6 heteroatoms. The van der Waals surface area contributed by atoms with Crippen molar-refractivity contribution in [2.75, 3.05) is 18.5 Å². The largest absolute Gasteiger partial charge is 0.376 e. The molecule has 0 aliphatic carbocycles. The molecule has 1 aromatic heterocycles. The second-order valence-corrected chi connectivity index (χ2v) is 4.95. The summed E-state index contributed by atoms with van der Waals surface area (Å²) in [4.78, 5) is 20.4. The molecule has 1 aromatic rings. The van der Waals surface area contributed by atoms with Crippen molar-refractivity contribution in [3.05, 3.63) is 18.1 Å². The molecule has 1 aliphatic heterocycles. The summed E-state index contributed by atoms with van der Waals surface area (Å²) in [5.74, 6) is 0.457. The molecule has 0 saturated carbocycles. The highest BCUT2D eigenvalue weighted by Gasteiger charge is 2.38. The Morgan fingerprint density at radius 1 is 1.53 bits per heavy atom. The van der Waals surface area contributed by atoms with Crippen LogP contribution in [0.2, 0.25) is 0 Å². The molecule has 104 valence electrons. The van der Waals surface area contributed by atoms with Crippen LogP contribution >= 0.6 is 0 Å². The lowest BCUT2D eigenvalue weighted by Crippen LogP contribution is -2.50. The number of carbonyl (C=O) groups excluding carboxylic acids is 1. The Morgan fingerprint density at radius 2 is 2.32 bits per heavy atom. The van der Waals surface area contributed by atoms with E-state index in [1.165, 1.54) is 6.20 Å². The molecule has 2 rings (SSSR count). The number of hydrogen-bond acceptors (Lipinski definition) is 5.